The molecule has 0 aromatic carbocycles. The zero-order valence-electron chi connectivity index (χ0n) is 5.34. The van der Waals surface area contributed by atoms with Gasteiger partial charge in [0.2, 0.25) is 0 Å². The summed E-state index contributed by atoms with van der Waals surface area (Å²) in [6.45, 7) is 1.56. The second-order valence-electron chi connectivity index (χ2n) is 2.32. The molecule has 50 valence electrons. The van der Waals surface area contributed by atoms with Crippen LogP contribution in [0.15, 0.2) is 0 Å². The molecule has 1 aliphatic heterocycles. The van der Waals surface area contributed by atoms with E-state index in [1.54, 1.807) is 0 Å². The summed E-state index contributed by atoms with van der Waals surface area (Å²) in [6.07, 6.45) is 6.14. The van der Waals surface area contributed by atoms with Crippen LogP contribution in [0, 0.1) is 18.3 Å². The molecule has 0 amide bonds. The fourth-order valence-corrected chi connectivity index (χ4v) is 0.972. The zero-order valence-corrected chi connectivity index (χ0v) is 5.34. The Kier molecular flexibility index (Phi) is 2.10. The Morgan fingerprint density at radius 2 is 2.56 bits per heavy atom. The third-order valence-corrected chi connectivity index (χ3v) is 1.67. The van der Waals surface area contributed by atoms with Gasteiger partial charge in [-0.25, -0.2) is 0 Å². The van der Waals surface area contributed by atoms with Gasteiger partial charge < -0.3 is 10.5 Å². The Labute approximate surface area is 55.4 Å². The topological polar surface area (TPSA) is 35.2 Å². The number of hydrogen-bond donors (Lipinski definition) is 1. The smallest absolute Gasteiger partial charge is 0.0713 e. The lowest BCUT2D eigenvalue weighted by atomic mass is 10.0. The molecule has 1 aliphatic rings. The van der Waals surface area contributed by atoms with Crippen LogP contribution in [0.3, 0.4) is 0 Å². The highest BCUT2D eigenvalue weighted by molar-refractivity contribution is 5.00. The first-order chi connectivity index (χ1) is 4.34. The van der Waals surface area contributed by atoms with Crippen molar-refractivity contribution in [3.63, 3.8) is 0 Å². The van der Waals surface area contributed by atoms with E-state index in [0.717, 1.165) is 19.6 Å². The van der Waals surface area contributed by atoms with Crippen LogP contribution in [-0.4, -0.2) is 19.3 Å². The van der Waals surface area contributed by atoms with Gasteiger partial charge in [-0.1, -0.05) is 5.92 Å². The molecule has 1 heterocycles. The molecule has 2 nitrogen and oxygen atoms in total. The number of ether oxygens (including phenoxy) is 1. The van der Waals surface area contributed by atoms with E-state index in [4.69, 9.17) is 16.9 Å². The lowest BCUT2D eigenvalue weighted by Crippen LogP contribution is -2.28. The Morgan fingerprint density at radius 1 is 1.78 bits per heavy atom. The van der Waals surface area contributed by atoms with Crippen molar-refractivity contribution in [3.8, 4) is 12.3 Å². The molecule has 1 rings (SSSR count). The van der Waals surface area contributed by atoms with Crippen LogP contribution in [0.1, 0.15) is 6.42 Å². The fraction of sp³-hybridized carbons (Fsp3) is 0.714. The quantitative estimate of drug-likeness (QED) is 0.500. The van der Waals surface area contributed by atoms with Crippen molar-refractivity contribution in [2.24, 2.45) is 11.7 Å². The molecule has 0 unspecified atom stereocenters. The van der Waals surface area contributed by atoms with Crippen molar-refractivity contribution in [3.05, 3.63) is 0 Å². The van der Waals surface area contributed by atoms with E-state index in [-0.39, 0.29) is 6.04 Å². The maximum absolute atomic E-state index is 5.56. The third-order valence-electron chi connectivity index (χ3n) is 1.67. The molecule has 0 bridgehead atoms. The van der Waals surface area contributed by atoms with Crippen LogP contribution in [0.5, 0.6) is 0 Å². The largest absolute Gasteiger partial charge is 0.381 e. The van der Waals surface area contributed by atoms with Crippen molar-refractivity contribution in [2.45, 2.75) is 12.5 Å². The lowest BCUT2D eigenvalue weighted by molar-refractivity contribution is 0.184. The minimum Gasteiger partial charge on any atom is -0.381 e. The molecule has 0 saturated carbocycles. The Hall–Kier alpha value is -0.520. The normalized spacial score (nSPS) is 29.6. The fourth-order valence-electron chi connectivity index (χ4n) is 0.972. The number of rotatable bonds is 1. The van der Waals surface area contributed by atoms with Crippen LogP contribution < -0.4 is 5.73 Å². The van der Waals surface area contributed by atoms with Gasteiger partial charge >= 0.3 is 0 Å². The summed E-state index contributed by atoms with van der Waals surface area (Å²) in [5.74, 6) is 2.90. The summed E-state index contributed by atoms with van der Waals surface area (Å²) in [5.41, 5.74) is 5.56. The van der Waals surface area contributed by atoms with E-state index in [1.165, 1.54) is 0 Å². The molecule has 0 spiro atoms. The average Bonchev–Trinajstić information content (AvgIpc) is 2.37. The first-order valence-corrected chi connectivity index (χ1v) is 3.14. The van der Waals surface area contributed by atoms with E-state index in [0.29, 0.717) is 5.92 Å². The van der Waals surface area contributed by atoms with Gasteiger partial charge in [-0.3, -0.25) is 0 Å². The summed E-state index contributed by atoms with van der Waals surface area (Å²) in [5, 5.41) is 0. The van der Waals surface area contributed by atoms with Crippen molar-refractivity contribution in [1.29, 1.82) is 0 Å². The van der Waals surface area contributed by atoms with Gasteiger partial charge in [0.25, 0.3) is 0 Å². The van der Waals surface area contributed by atoms with E-state index in [2.05, 4.69) is 5.92 Å². The average molecular weight is 125 g/mol. The molecule has 0 aliphatic carbocycles. The predicted octanol–water partition coefficient (Wildman–Crippen LogP) is -0.0166. The summed E-state index contributed by atoms with van der Waals surface area (Å²) < 4.78 is 5.10. The van der Waals surface area contributed by atoms with Crippen LogP contribution in [-0.2, 0) is 4.74 Å². The predicted molar refractivity (Wildman–Crippen MR) is 35.7 cm³/mol. The minimum atomic E-state index is -0.104. The molecule has 2 N–H and O–H groups in total. The number of hydrogen-bond acceptors (Lipinski definition) is 2. The zero-order chi connectivity index (χ0) is 6.69. The van der Waals surface area contributed by atoms with Crippen molar-refractivity contribution in [2.75, 3.05) is 13.2 Å². The van der Waals surface area contributed by atoms with Gasteiger partial charge in [0.1, 0.15) is 0 Å². The molecule has 2 atom stereocenters. The van der Waals surface area contributed by atoms with Crippen LogP contribution in [0.2, 0.25) is 0 Å². The summed E-state index contributed by atoms with van der Waals surface area (Å²) >= 11 is 0. The van der Waals surface area contributed by atoms with Crippen molar-refractivity contribution >= 4 is 0 Å². The second-order valence-corrected chi connectivity index (χ2v) is 2.32. The number of nitrogens with two attached hydrogens (primary N) is 1. The Morgan fingerprint density at radius 3 is 3.00 bits per heavy atom. The van der Waals surface area contributed by atoms with E-state index in [9.17, 15) is 0 Å². The van der Waals surface area contributed by atoms with Gasteiger partial charge in [-0.15, -0.1) is 6.42 Å². The van der Waals surface area contributed by atoms with Crippen molar-refractivity contribution < 1.29 is 4.74 Å². The third kappa shape index (κ3) is 1.44. The molecule has 0 aromatic heterocycles. The highest BCUT2D eigenvalue weighted by Gasteiger charge is 2.20. The second kappa shape index (κ2) is 2.86. The van der Waals surface area contributed by atoms with Gasteiger partial charge in [-0.2, -0.15) is 0 Å². The van der Waals surface area contributed by atoms with Gasteiger partial charge in [-0.05, 0) is 6.42 Å². The maximum atomic E-state index is 5.56. The summed E-state index contributed by atoms with van der Waals surface area (Å²) in [4.78, 5) is 0. The van der Waals surface area contributed by atoms with Gasteiger partial charge in [0.15, 0.2) is 0 Å². The Balaban J connectivity index is 2.34. The summed E-state index contributed by atoms with van der Waals surface area (Å²) in [7, 11) is 0. The van der Waals surface area contributed by atoms with Crippen molar-refractivity contribution in [1.82, 2.24) is 0 Å². The molecule has 1 fully saturated rings. The SMILES string of the molecule is C#C[C@@H](N)[C@@H]1CCOC1. The van der Waals surface area contributed by atoms with Gasteiger partial charge in [0, 0.05) is 12.5 Å². The van der Waals surface area contributed by atoms with E-state index < -0.39 is 0 Å². The van der Waals surface area contributed by atoms with Crippen LogP contribution in [0.4, 0.5) is 0 Å². The first kappa shape index (κ1) is 6.60. The standard InChI is InChI=1S/C7H11NO/c1-2-7(8)6-3-4-9-5-6/h1,6-7H,3-5,8H2/t6-,7-/m1/s1. The molecular weight excluding hydrogens is 114 g/mol. The minimum absolute atomic E-state index is 0.104. The molecule has 0 aromatic rings. The van der Waals surface area contributed by atoms with E-state index >= 15 is 0 Å². The molecule has 0 radical (unpaired) electrons. The molecular formula is C7H11NO. The lowest BCUT2D eigenvalue weighted by Gasteiger charge is -2.09. The maximum Gasteiger partial charge on any atom is 0.0713 e. The van der Waals surface area contributed by atoms with Crippen LogP contribution in [0.25, 0.3) is 0 Å². The summed E-state index contributed by atoms with van der Waals surface area (Å²) in [6, 6.07) is -0.104. The highest BCUT2D eigenvalue weighted by atomic mass is 16.5. The Bertz CT molecular complexity index is 121. The number of terminal acetylenes is 1. The highest BCUT2D eigenvalue weighted by Crippen LogP contribution is 2.14. The van der Waals surface area contributed by atoms with Crippen LogP contribution >= 0.6 is 0 Å². The monoisotopic (exact) mass is 125 g/mol. The molecule has 2 heteroatoms. The van der Waals surface area contributed by atoms with E-state index in [1.807, 2.05) is 0 Å². The molecule has 1 saturated heterocycles. The first-order valence-electron chi connectivity index (χ1n) is 3.14. The van der Waals surface area contributed by atoms with Gasteiger partial charge in [0.05, 0.1) is 12.6 Å². The molecule has 9 heavy (non-hydrogen) atoms.